The Balaban J connectivity index is 2.08. The van der Waals surface area contributed by atoms with Gasteiger partial charge in [0.05, 0.1) is 5.60 Å². The number of aliphatic hydroxyl groups is 1. The Hall–Kier alpha value is -0.920. The molecule has 114 valence electrons. The zero-order chi connectivity index (χ0) is 14.8. The summed E-state index contributed by atoms with van der Waals surface area (Å²) in [5, 5.41) is 10.2. The average Bonchev–Trinajstić information content (AvgIpc) is 2.97. The molecule has 7 heteroatoms. The molecule has 1 aromatic heterocycles. The Morgan fingerprint density at radius 3 is 2.70 bits per heavy atom. The van der Waals surface area contributed by atoms with Crippen LogP contribution in [0.15, 0.2) is 11.2 Å². The summed E-state index contributed by atoms with van der Waals surface area (Å²) in [6, 6.07) is 0. The molecule has 0 saturated heterocycles. The van der Waals surface area contributed by atoms with Crippen LogP contribution in [0.3, 0.4) is 0 Å². The largest absolute Gasteiger partial charge is 0.389 e. The fourth-order valence-electron chi connectivity index (χ4n) is 2.59. The smallest absolute Gasteiger partial charge is 0.259 e. The zero-order valence-electron chi connectivity index (χ0n) is 12.1. The number of rotatable bonds is 6. The van der Waals surface area contributed by atoms with Gasteiger partial charge in [0.25, 0.3) is 10.0 Å². The van der Waals surface area contributed by atoms with E-state index in [-0.39, 0.29) is 11.6 Å². The third kappa shape index (κ3) is 3.39. The number of hydrogen-bond donors (Lipinski definition) is 2. The number of nitrogens with one attached hydrogen (secondary N) is 1. The maximum atomic E-state index is 12.2. The van der Waals surface area contributed by atoms with Gasteiger partial charge in [-0.2, -0.15) is 0 Å². The summed E-state index contributed by atoms with van der Waals surface area (Å²) < 4.78 is 28.7. The van der Waals surface area contributed by atoms with Gasteiger partial charge in [0.15, 0.2) is 5.03 Å². The lowest BCUT2D eigenvalue weighted by Crippen LogP contribution is -2.40. The number of nitrogens with zero attached hydrogens (tertiary/aromatic N) is 2. The first-order valence-electron chi connectivity index (χ1n) is 7.12. The van der Waals surface area contributed by atoms with Crippen molar-refractivity contribution in [2.45, 2.75) is 63.1 Å². The van der Waals surface area contributed by atoms with Gasteiger partial charge in [0.2, 0.25) is 0 Å². The van der Waals surface area contributed by atoms with E-state index < -0.39 is 15.6 Å². The Kier molecular flexibility index (Phi) is 4.51. The lowest BCUT2D eigenvalue weighted by atomic mass is 10.0. The minimum absolute atomic E-state index is 0.0325. The number of aryl methyl sites for hydroxylation is 2. The van der Waals surface area contributed by atoms with Gasteiger partial charge < -0.3 is 9.67 Å². The maximum Gasteiger partial charge on any atom is 0.259 e. The lowest BCUT2D eigenvalue weighted by molar-refractivity contribution is 0.0531. The number of hydrogen-bond acceptors (Lipinski definition) is 4. The van der Waals surface area contributed by atoms with Gasteiger partial charge in [-0.3, -0.25) is 0 Å². The molecule has 1 aromatic rings. The van der Waals surface area contributed by atoms with E-state index >= 15 is 0 Å². The third-order valence-corrected chi connectivity index (χ3v) is 5.09. The van der Waals surface area contributed by atoms with Crippen LogP contribution < -0.4 is 4.72 Å². The first-order valence-corrected chi connectivity index (χ1v) is 8.60. The van der Waals surface area contributed by atoms with Crippen molar-refractivity contribution in [2.75, 3.05) is 6.54 Å². The van der Waals surface area contributed by atoms with Gasteiger partial charge in [-0.15, -0.1) is 0 Å². The topological polar surface area (TPSA) is 84.2 Å². The SMILES string of the molecule is CCCn1cc(S(=O)(=O)NCC2(O)CCCC2)nc1C. The van der Waals surface area contributed by atoms with E-state index in [4.69, 9.17) is 0 Å². The first-order chi connectivity index (χ1) is 9.36. The van der Waals surface area contributed by atoms with Crippen LogP contribution in [0.2, 0.25) is 0 Å². The monoisotopic (exact) mass is 301 g/mol. The molecular formula is C13H23N3O3S. The van der Waals surface area contributed by atoms with Gasteiger partial charge in [0, 0.05) is 19.3 Å². The Morgan fingerprint density at radius 1 is 1.45 bits per heavy atom. The number of sulfonamides is 1. The summed E-state index contributed by atoms with van der Waals surface area (Å²) in [4.78, 5) is 4.10. The van der Waals surface area contributed by atoms with Gasteiger partial charge in [-0.25, -0.2) is 18.1 Å². The van der Waals surface area contributed by atoms with Crippen molar-refractivity contribution in [3.05, 3.63) is 12.0 Å². The fourth-order valence-corrected chi connectivity index (χ4v) is 3.71. The van der Waals surface area contributed by atoms with E-state index in [0.717, 1.165) is 25.8 Å². The van der Waals surface area contributed by atoms with Gasteiger partial charge >= 0.3 is 0 Å². The molecule has 6 nitrogen and oxygen atoms in total. The molecule has 1 aliphatic carbocycles. The number of aromatic nitrogens is 2. The highest BCUT2D eigenvalue weighted by Gasteiger charge is 2.33. The molecule has 20 heavy (non-hydrogen) atoms. The Labute approximate surface area is 120 Å². The van der Waals surface area contributed by atoms with E-state index in [0.29, 0.717) is 18.7 Å². The van der Waals surface area contributed by atoms with Crippen molar-refractivity contribution < 1.29 is 13.5 Å². The average molecular weight is 301 g/mol. The molecule has 1 saturated carbocycles. The molecule has 2 rings (SSSR count). The predicted octanol–water partition coefficient (Wildman–Crippen LogP) is 1.18. The van der Waals surface area contributed by atoms with Crippen molar-refractivity contribution >= 4 is 10.0 Å². The molecule has 0 unspecified atom stereocenters. The van der Waals surface area contributed by atoms with Crippen LogP contribution in [-0.4, -0.2) is 35.2 Å². The van der Waals surface area contributed by atoms with Crippen LogP contribution >= 0.6 is 0 Å². The molecule has 0 amide bonds. The van der Waals surface area contributed by atoms with Crippen molar-refractivity contribution in [3.63, 3.8) is 0 Å². The summed E-state index contributed by atoms with van der Waals surface area (Å²) in [5.41, 5.74) is -0.895. The minimum atomic E-state index is -3.65. The van der Waals surface area contributed by atoms with Crippen LogP contribution in [0.25, 0.3) is 0 Å². The van der Waals surface area contributed by atoms with Crippen molar-refractivity contribution in [2.24, 2.45) is 0 Å². The highest BCUT2D eigenvalue weighted by Crippen LogP contribution is 2.29. The lowest BCUT2D eigenvalue weighted by Gasteiger charge is -2.21. The molecule has 0 radical (unpaired) electrons. The van der Waals surface area contributed by atoms with Gasteiger partial charge in [-0.05, 0) is 26.2 Å². The van der Waals surface area contributed by atoms with E-state index in [9.17, 15) is 13.5 Å². The molecule has 0 atom stereocenters. The van der Waals surface area contributed by atoms with Gasteiger partial charge in [0.1, 0.15) is 5.82 Å². The molecule has 0 aromatic carbocycles. The van der Waals surface area contributed by atoms with E-state index in [1.807, 2.05) is 11.5 Å². The minimum Gasteiger partial charge on any atom is -0.389 e. The van der Waals surface area contributed by atoms with Crippen LogP contribution in [0.4, 0.5) is 0 Å². The predicted molar refractivity (Wildman–Crippen MR) is 75.9 cm³/mol. The second-order valence-corrected chi connectivity index (χ2v) is 7.29. The highest BCUT2D eigenvalue weighted by molar-refractivity contribution is 7.89. The second-order valence-electron chi connectivity index (χ2n) is 5.58. The quantitative estimate of drug-likeness (QED) is 0.826. The molecule has 1 aliphatic rings. The Morgan fingerprint density at radius 2 is 2.10 bits per heavy atom. The summed E-state index contributed by atoms with van der Waals surface area (Å²) in [6.07, 6.45) is 5.67. The van der Waals surface area contributed by atoms with E-state index in [1.165, 1.54) is 0 Å². The normalized spacial score (nSPS) is 18.6. The van der Waals surface area contributed by atoms with Crippen molar-refractivity contribution in [1.82, 2.24) is 14.3 Å². The Bertz CT molecular complexity index is 559. The van der Waals surface area contributed by atoms with Crippen LogP contribution in [0, 0.1) is 6.92 Å². The zero-order valence-corrected chi connectivity index (χ0v) is 12.9. The number of imidazole rings is 1. The van der Waals surface area contributed by atoms with Crippen LogP contribution in [0.5, 0.6) is 0 Å². The van der Waals surface area contributed by atoms with Crippen LogP contribution in [-0.2, 0) is 16.6 Å². The summed E-state index contributed by atoms with van der Waals surface area (Å²) in [5.74, 6) is 0.687. The fraction of sp³-hybridized carbons (Fsp3) is 0.769. The molecule has 2 N–H and O–H groups in total. The molecule has 0 spiro atoms. The summed E-state index contributed by atoms with van der Waals surface area (Å²) in [6.45, 7) is 4.63. The molecular weight excluding hydrogens is 278 g/mol. The summed E-state index contributed by atoms with van der Waals surface area (Å²) >= 11 is 0. The van der Waals surface area contributed by atoms with Crippen molar-refractivity contribution in [3.8, 4) is 0 Å². The van der Waals surface area contributed by atoms with E-state index in [1.54, 1.807) is 13.1 Å². The van der Waals surface area contributed by atoms with Crippen LogP contribution in [0.1, 0.15) is 44.9 Å². The molecule has 0 bridgehead atoms. The van der Waals surface area contributed by atoms with Crippen molar-refractivity contribution in [1.29, 1.82) is 0 Å². The molecule has 1 heterocycles. The third-order valence-electron chi connectivity index (χ3n) is 3.82. The van der Waals surface area contributed by atoms with E-state index in [2.05, 4.69) is 9.71 Å². The highest BCUT2D eigenvalue weighted by atomic mass is 32.2. The van der Waals surface area contributed by atoms with Gasteiger partial charge in [-0.1, -0.05) is 19.8 Å². The second kappa shape index (κ2) is 5.83. The molecule has 0 aliphatic heterocycles. The summed E-state index contributed by atoms with van der Waals surface area (Å²) in [7, 11) is -3.65. The molecule has 1 fully saturated rings. The maximum absolute atomic E-state index is 12.2. The standard InChI is InChI=1S/C13H23N3O3S/c1-3-8-16-9-12(15-11(16)2)20(18,19)14-10-13(17)6-4-5-7-13/h9,14,17H,3-8,10H2,1-2H3. The first kappa shape index (κ1) is 15.5.